The monoisotopic (exact) mass is 306 g/mol. The van der Waals surface area contributed by atoms with Crippen LogP contribution in [0.25, 0.3) is 0 Å². The maximum atomic E-state index is 11.9. The normalized spacial score (nSPS) is 9.89. The van der Waals surface area contributed by atoms with Gasteiger partial charge >= 0.3 is 0 Å². The molecule has 6 heteroatoms. The van der Waals surface area contributed by atoms with E-state index in [-0.39, 0.29) is 24.9 Å². The minimum absolute atomic E-state index is 0. The van der Waals surface area contributed by atoms with Crippen LogP contribution in [0, 0.1) is 6.92 Å². The Hall–Kier alpha value is -0.810. The van der Waals surface area contributed by atoms with E-state index in [1.165, 1.54) is 0 Å². The first-order chi connectivity index (χ1) is 8.56. The van der Waals surface area contributed by atoms with E-state index in [1.807, 2.05) is 19.1 Å². The Morgan fingerprint density at radius 2 is 2.16 bits per heavy atom. The molecule has 19 heavy (non-hydrogen) atoms. The second-order valence-corrected chi connectivity index (χ2v) is 4.46. The fourth-order valence-corrected chi connectivity index (χ4v) is 1.60. The number of carbonyl (C=O) groups is 1. The molecule has 108 valence electrons. The van der Waals surface area contributed by atoms with E-state index in [9.17, 15) is 4.79 Å². The van der Waals surface area contributed by atoms with Crippen molar-refractivity contribution >= 4 is 35.6 Å². The molecule has 0 saturated carbocycles. The fourth-order valence-electron chi connectivity index (χ4n) is 1.42. The summed E-state index contributed by atoms with van der Waals surface area (Å²) >= 11 is 6.04. The van der Waals surface area contributed by atoms with Gasteiger partial charge in [-0.1, -0.05) is 17.7 Å². The van der Waals surface area contributed by atoms with Crippen molar-refractivity contribution < 1.29 is 9.53 Å². The van der Waals surface area contributed by atoms with Crippen LogP contribution in [0.1, 0.15) is 5.56 Å². The van der Waals surface area contributed by atoms with E-state index in [0.29, 0.717) is 18.2 Å². The topological polar surface area (TPSA) is 41.6 Å². The number of carbonyl (C=O) groups excluding carboxylic acids is 1. The summed E-state index contributed by atoms with van der Waals surface area (Å²) in [6.07, 6.45) is 0. The Morgan fingerprint density at radius 1 is 1.47 bits per heavy atom. The predicted molar refractivity (Wildman–Crippen MR) is 81.6 cm³/mol. The zero-order valence-corrected chi connectivity index (χ0v) is 13.0. The van der Waals surface area contributed by atoms with Crippen LogP contribution in [-0.2, 0) is 9.53 Å². The summed E-state index contributed by atoms with van der Waals surface area (Å²) in [5.74, 6) is -0.00831. The number of ether oxygens (including phenoxy) is 1. The smallest absolute Gasteiger partial charge is 0.240 e. The number of amides is 1. The van der Waals surface area contributed by atoms with Gasteiger partial charge in [-0.15, -0.1) is 12.4 Å². The molecule has 1 aromatic carbocycles. The van der Waals surface area contributed by atoms with E-state index in [4.69, 9.17) is 16.3 Å². The van der Waals surface area contributed by atoms with Crippen LogP contribution in [0.4, 0.5) is 5.69 Å². The number of hydrogen-bond acceptors (Lipinski definition) is 3. The number of nitrogens with zero attached hydrogens (tertiary/aromatic N) is 1. The molecule has 0 atom stereocenters. The van der Waals surface area contributed by atoms with Crippen LogP contribution in [0.3, 0.4) is 0 Å². The first-order valence-corrected chi connectivity index (χ1v) is 6.16. The van der Waals surface area contributed by atoms with E-state index in [2.05, 4.69) is 5.32 Å². The van der Waals surface area contributed by atoms with Gasteiger partial charge in [-0.05, 0) is 24.6 Å². The maximum absolute atomic E-state index is 11.9. The number of hydrogen-bond donors (Lipinski definition) is 1. The maximum Gasteiger partial charge on any atom is 0.240 e. The first-order valence-electron chi connectivity index (χ1n) is 5.78. The van der Waals surface area contributed by atoms with Crippen molar-refractivity contribution in [2.75, 3.05) is 38.8 Å². The highest BCUT2D eigenvalue weighted by Crippen LogP contribution is 2.22. The highest BCUT2D eigenvalue weighted by Gasteiger charge is 2.11. The Balaban J connectivity index is 0.00000324. The summed E-state index contributed by atoms with van der Waals surface area (Å²) in [4.78, 5) is 13.5. The van der Waals surface area contributed by atoms with Crippen LogP contribution in [0.2, 0.25) is 5.02 Å². The molecule has 1 aromatic rings. The minimum Gasteiger partial charge on any atom is -0.383 e. The first kappa shape index (κ1) is 18.2. The van der Waals surface area contributed by atoms with Gasteiger partial charge < -0.3 is 15.0 Å². The lowest BCUT2D eigenvalue weighted by molar-refractivity contribution is -0.117. The number of rotatable bonds is 6. The van der Waals surface area contributed by atoms with Crippen LogP contribution in [-0.4, -0.2) is 39.8 Å². The van der Waals surface area contributed by atoms with E-state index < -0.39 is 0 Å². The van der Waals surface area contributed by atoms with Crippen LogP contribution in [0.15, 0.2) is 18.2 Å². The largest absolute Gasteiger partial charge is 0.383 e. The Bertz CT molecular complexity index is 414. The van der Waals surface area contributed by atoms with Gasteiger partial charge in [0.05, 0.1) is 13.2 Å². The molecule has 0 bridgehead atoms. The summed E-state index contributed by atoms with van der Waals surface area (Å²) in [6.45, 7) is 3.46. The molecule has 0 fully saturated rings. The Kier molecular flexibility index (Phi) is 8.76. The van der Waals surface area contributed by atoms with Crippen molar-refractivity contribution in [3.8, 4) is 0 Å². The van der Waals surface area contributed by atoms with Gasteiger partial charge in [-0.3, -0.25) is 4.79 Å². The molecule has 0 radical (unpaired) electrons. The van der Waals surface area contributed by atoms with Gasteiger partial charge in [0.1, 0.15) is 0 Å². The summed E-state index contributed by atoms with van der Waals surface area (Å²) in [5.41, 5.74) is 1.80. The molecule has 0 aromatic heterocycles. The molecule has 0 aliphatic heterocycles. The summed E-state index contributed by atoms with van der Waals surface area (Å²) in [7, 11) is 3.37. The molecule has 0 aliphatic rings. The highest BCUT2D eigenvalue weighted by molar-refractivity contribution is 6.31. The standard InChI is InChI=1S/C13H19ClN2O2.ClH/c1-10-4-5-11(8-12(10)14)16(2)13(17)9-15-6-7-18-3;/h4-5,8,15H,6-7,9H2,1-3H3;1H. The summed E-state index contributed by atoms with van der Waals surface area (Å²) in [6, 6.07) is 5.58. The highest BCUT2D eigenvalue weighted by atomic mass is 35.5. The van der Waals surface area contributed by atoms with Gasteiger partial charge in [0.2, 0.25) is 5.91 Å². The zero-order valence-electron chi connectivity index (χ0n) is 11.4. The van der Waals surface area contributed by atoms with Gasteiger partial charge in [0, 0.05) is 31.4 Å². The van der Waals surface area contributed by atoms with Gasteiger partial charge in [0.15, 0.2) is 0 Å². The molecule has 0 saturated heterocycles. The second kappa shape index (κ2) is 9.15. The number of anilines is 1. The summed E-state index contributed by atoms with van der Waals surface area (Å²) in [5, 5.41) is 3.68. The third-order valence-corrected chi connectivity index (χ3v) is 3.08. The van der Waals surface area contributed by atoms with Crippen molar-refractivity contribution in [2.24, 2.45) is 0 Å². The van der Waals surface area contributed by atoms with E-state index >= 15 is 0 Å². The number of aryl methyl sites for hydroxylation is 1. The van der Waals surface area contributed by atoms with Gasteiger partial charge in [-0.2, -0.15) is 0 Å². The third kappa shape index (κ3) is 5.78. The van der Waals surface area contributed by atoms with Crippen molar-refractivity contribution in [1.29, 1.82) is 0 Å². The molecule has 1 N–H and O–H groups in total. The number of halogens is 2. The molecular formula is C13H20Cl2N2O2. The molecule has 0 aliphatic carbocycles. The lowest BCUT2D eigenvalue weighted by Gasteiger charge is -2.18. The Labute approximate surface area is 125 Å². The van der Waals surface area contributed by atoms with Crippen LogP contribution < -0.4 is 10.2 Å². The summed E-state index contributed by atoms with van der Waals surface area (Å²) < 4.78 is 4.89. The SMILES string of the molecule is COCCNCC(=O)N(C)c1ccc(C)c(Cl)c1.Cl. The molecule has 1 amide bonds. The van der Waals surface area contributed by atoms with Gasteiger partial charge in [-0.25, -0.2) is 0 Å². The second-order valence-electron chi connectivity index (χ2n) is 4.06. The molecule has 0 spiro atoms. The van der Waals surface area contributed by atoms with E-state index in [0.717, 1.165) is 11.3 Å². The van der Waals surface area contributed by atoms with Crippen LogP contribution in [0.5, 0.6) is 0 Å². The number of benzene rings is 1. The van der Waals surface area contributed by atoms with Crippen molar-refractivity contribution in [3.63, 3.8) is 0 Å². The van der Waals surface area contributed by atoms with Crippen molar-refractivity contribution in [2.45, 2.75) is 6.92 Å². The third-order valence-electron chi connectivity index (χ3n) is 2.68. The predicted octanol–water partition coefficient (Wildman–Crippen LogP) is 2.27. The molecular weight excluding hydrogens is 287 g/mol. The number of nitrogens with one attached hydrogen (secondary N) is 1. The van der Waals surface area contributed by atoms with E-state index in [1.54, 1.807) is 25.1 Å². The minimum atomic E-state index is -0.00831. The van der Waals surface area contributed by atoms with Gasteiger partial charge in [0.25, 0.3) is 0 Å². The molecule has 0 unspecified atom stereocenters. The average Bonchev–Trinajstić information content (AvgIpc) is 2.37. The van der Waals surface area contributed by atoms with Crippen molar-refractivity contribution in [3.05, 3.63) is 28.8 Å². The van der Waals surface area contributed by atoms with Crippen molar-refractivity contribution in [1.82, 2.24) is 5.32 Å². The molecule has 0 heterocycles. The quantitative estimate of drug-likeness (QED) is 0.820. The molecule has 4 nitrogen and oxygen atoms in total. The Morgan fingerprint density at radius 3 is 2.74 bits per heavy atom. The lowest BCUT2D eigenvalue weighted by atomic mass is 10.2. The number of methoxy groups -OCH3 is 1. The zero-order chi connectivity index (χ0) is 13.5. The molecule has 1 rings (SSSR count). The number of likely N-dealkylation sites (N-methyl/N-ethyl adjacent to an activating group) is 1. The lowest BCUT2D eigenvalue weighted by Crippen LogP contribution is -2.36. The fraction of sp³-hybridized carbons (Fsp3) is 0.462. The van der Waals surface area contributed by atoms with Crippen LogP contribution >= 0.6 is 24.0 Å². The average molecular weight is 307 g/mol.